The Morgan fingerprint density at radius 1 is 0.966 bits per heavy atom. The minimum Gasteiger partial charge on any atom is -0.351 e. The van der Waals surface area contributed by atoms with Crippen LogP contribution in [0.4, 0.5) is 0 Å². The van der Waals surface area contributed by atoms with Gasteiger partial charge in [-0.2, -0.15) is 0 Å². The van der Waals surface area contributed by atoms with E-state index < -0.39 is 0 Å². The van der Waals surface area contributed by atoms with Crippen molar-refractivity contribution in [2.24, 2.45) is 0 Å². The lowest BCUT2D eigenvalue weighted by Crippen LogP contribution is -2.31. The number of benzene rings is 2. The molecule has 0 aliphatic heterocycles. The van der Waals surface area contributed by atoms with Crippen LogP contribution in [0.5, 0.6) is 0 Å². The van der Waals surface area contributed by atoms with Gasteiger partial charge in [-0.25, -0.2) is 0 Å². The molecule has 1 amide bonds. The van der Waals surface area contributed by atoms with Crippen LogP contribution in [0.2, 0.25) is 0 Å². The Morgan fingerprint density at radius 3 is 2.31 bits per heavy atom. The first-order valence-corrected chi connectivity index (χ1v) is 10.6. The fourth-order valence-electron chi connectivity index (χ4n) is 2.68. The molecule has 1 aromatic heterocycles. The van der Waals surface area contributed by atoms with Crippen LogP contribution >= 0.6 is 11.8 Å². The summed E-state index contributed by atoms with van der Waals surface area (Å²) in [5.41, 5.74) is 4.99. The number of hydrogen-bond acceptors (Lipinski definition) is 5. The Balaban J connectivity index is 1.52. The number of rotatable bonds is 8. The van der Waals surface area contributed by atoms with Gasteiger partial charge in [0.05, 0.1) is 5.69 Å². The molecule has 0 unspecified atom stereocenters. The second-order valence-corrected chi connectivity index (χ2v) is 8.16. The van der Waals surface area contributed by atoms with Crippen molar-refractivity contribution in [1.82, 2.24) is 20.4 Å². The predicted octanol–water partition coefficient (Wildman–Crippen LogP) is 4.04. The quantitative estimate of drug-likeness (QED) is 0.572. The van der Waals surface area contributed by atoms with Gasteiger partial charge in [0.1, 0.15) is 5.03 Å². The molecule has 3 rings (SSSR count). The van der Waals surface area contributed by atoms with Crippen LogP contribution in [0.25, 0.3) is 11.3 Å². The molecule has 0 atom stereocenters. The van der Waals surface area contributed by atoms with Crippen LogP contribution in [-0.2, 0) is 5.75 Å². The highest BCUT2D eigenvalue weighted by Crippen LogP contribution is 2.23. The van der Waals surface area contributed by atoms with Crippen molar-refractivity contribution in [2.75, 3.05) is 27.2 Å². The Morgan fingerprint density at radius 2 is 1.69 bits per heavy atom. The Labute approximate surface area is 176 Å². The van der Waals surface area contributed by atoms with Crippen molar-refractivity contribution < 1.29 is 4.79 Å². The fraction of sp³-hybridized carbons (Fsp3) is 0.261. The number of likely N-dealkylation sites (N-methyl/N-ethyl adjacent to an activating group) is 1. The lowest BCUT2D eigenvalue weighted by molar-refractivity contribution is 0.0951. The van der Waals surface area contributed by atoms with Crippen molar-refractivity contribution in [2.45, 2.75) is 17.7 Å². The van der Waals surface area contributed by atoms with Crippen molar-refractivity contribution in [3.8, 4) is 11.3 Å². The number of amides is 1. The molecule has 0 saturated carbocycles. The third-order valence-corrected chi connectivity index (χ3v) is 5.43. The molecule has 2 aromatic carbocycles. The normalized spacial score (nSPS) is 10.9. The van der Waals surface area contributed by atoms with E-state index in [1.807, 2.05) is 55.4 Å². The summed E-state index contributed by atoms with van der Waals surface area (Å²) in [6.45, 7) is 3.53. The number of thioether (sulfide) groups is 1. The third-order valence-electron chi connectivity index (χ3n) is 4.43. The van der Waals surface area contributed by atoms with E-state index in [2.05, 4.69) is 46.7 Å². The van der Waals surface area contributed by atoms with E-state index in [1.165, 1.54) is 5.56 Å². The highest BCUT2D eigenvalue weighted by molar-refractivity contribution is 7.98. The van der Waals surface area contributed by atoms with E-state index in [9.17, 15) is 4.79 Å². The maximum atomic E-state index is 12.1. The molecule has 6 heteroatoms. The number of carbonyl (C=O) groups excluding carboxylic acids is 1. The molecule has 1 heterocycles. The zero-order valence-corrected chi connectivity index (χ0v) is 17.9. The molecule has 0 bridgehead atoms. The van der Waals surface area contributed by atoms with Gasteiger partial charge in [-0.15, -0.1) is 10.2 Å². The molecule has 3 aromatic rings. The Bertz CT molecular complexity index is 923. The largest absolute Gasteiger partial charge is 0.351 e. The lowest BCUT2D eigenvalue weighted by Gasteiger charge is -2.10. The van der Waals surface area contributed by atoms with Crippen molar-refractivity contribution in [3.63, 3.8) is 0 Å². The molecule has 0 fully saturated rings. The minimum atomic E-state index is -0.0383. The second-order valence-electron chi connectivity index (χ2n) is 7.17. The number of hydrogen-bond donors (Lipinski definition) is 1. The van der Waals surface area contributed by atoms with Gasteiger partial charge in [0.15, 0.2) is 0 Å². The van der Waals surface area contributed by atoms with Crippen LogP contribution in [-0.4, -0.2) is 48.2 Å². The first kappa shape index (κ1) is 21.0. The average molecular weight is 407 g/mol. The summed E-state index contributed by atoms with van der Waals surface area (Å²) in [7, 11) is 3.97. The van der Waals surface area contributed by atoms with Crippen LogP contribution in [0.3, 0.4) is 0 Å². The van der Waals surface area contributed by atoms with E-state index >= 15 is 0 Å². The van der Waals surface area contributed by atoms with Crippen molar-refractivity contribution in [1.29, 1.82) is 0 Å². The third kappa shape index (κ3) is 6.41. The Hall–Kier alpha value is -2.70. The van der Waals surface area contributed by atoms with E-state index in [0.717, 1.165) is 34.1 Å². The monoisotopic (exact) mass is 406 g/mol. The maximum Gasteiger partial charge on any atom is 0.251 e. The predicted molar refractivity (Wildman–Crippen MR) is 119 cm³/mol. The van der Waals surface area contributed by atoms with E-state index in [4.69, 9.17) is 0 Å². The fourth-order valence-corrected chi connectivity index (χ4v) is 3.45. The smallest absolute Gasteiger partial charge is 0.251 e. The molecule has 0 spiro atoms. The summed E-state index contributed by atoms with van der Waals surface area (Å²) in [6, 6.07) is 20.0. The van der Waals surface area contributed by atoms with E-state index in [0.29, 0.717) is 12.1 Å². The van der Waals surface area contributed by atoms with Gasteiger partial charge in [-0.3, -0.25) is 4.79 Å². The lowest BCUT2D eigenvalue weighted by atomic mass is 10.1. The molecule has 0 aliphatic carbocycles. The molecule has 150 valence electrons. The number of nitrogens with one attached hydrogen (secondary N) is 1. The number of carbonyl (C=O) groups is 1. The summed E-state index contributed by atoms with van der Waals surface area (Å²) >= 11 is 1.63. The highest BCUT2D eigenvalue weighted by Gasteiger charge is 2.06. The van der Waals surface area contributed by atoms with Gasteiger partial charge >= 0.3 is 0 Å². The van der Waals surface area contributed by atoms with Gasteiger partial charge < -0.3 is 10.2 Å². The van der Waals surface area contributed by atoms with Gasteiger partial charge in [0, 0.05) is 30.0 Å². The van der Waals surface area contributed by atoms with Crippen molar-refractivity contribution >= 4 is 17.7 Å². The molecule has 29 heavy (non-hydrogen) atoms. The van der Waals surface area contributed by atoms with Gasteiger partial charge in [0.25, 0.3) is 5.91 Å². The Kier molecular flexibility index (Phi) is 7.38. The second kappa shape index (κ2) is 10.2. The maximum absolute atomic E-state index is 12.1. The van der Waals surface area contributed by atoms with Crippen LogP contribution < -0.4 is 5.32 Å². The summed E-state index contributed by atoms with van der Waals surface area (Å²) < 4.78 is 0. The first-order chi connectivity index (χ1) is 14.0. The topological polar surface area (TPSA) is 58.1 Å². The molecule has 0 saturated heterocycles. The molecule has 1 N–H and O–H groups in total. The highest BCUT2D eigenvalue weighted by atomic mass is 32.2. The molecule has 0 aliphatic rings. The van der Waals surface area contributed by atoms with Crippen LogP contribution in [0.1, 0.15) is 21.5 Å². The number of nitrogens with zero attached hydrogens (tertiary/aromatic N) is 3. The minimum absolute atomic E-state index is 0.0383. The molecule has 0 radical (unpaired) electrons. The number of aromatic nitrogens is 2. The zero-order valence-electron chi connectivity index (χ0n) is 17.1. The molecule has 5 nitrogen and oxygen atoms in total. The zero-order chi connectivity index (χ0) is 20.6. The summed E-state index contributed by atoms with van der Waals surface area (Å²) in [5.74, 6) is 0.741. The van der Waals surface area contributed by atoms with Gasteiger partial charge in [-0.1, -0.05) is 53.7 Å². The molecular weight excluding hydrogens is 380 g/mol. The van der Waals surface area contributed by atoms with Gasteiger partial charge in [0.2, 0.25) is 0 Å². The number of aryl methyl sites for hydroxylation is 1. The summed E-state index contributed by atoms with van der Waals surface area (Å²) in [4.78, 5) is 14.2. The standard InChI is InChI=1S/C23H26N4OS/c1-17-4-8-19(9-5-17)21-12-13-22(26-25-21)29-16-18-6-10-20(11-7-18)23(28)24-14-15-27(2)3/h4-13H,14-16H2,1-3H3,(H,24,28). The van der Waals surface area contributed by atoms with Gasteiger partial charge in [-0.05, 0) is 50.8 Å². The van der Waals surface area contributed by atoms with Crippen LogP contribution in [0, 0.1) is 6.92 Å². The van der Waals surface area contributed by atoms with Crippen molar-refractivity contribution in [3.05, 3.63) is 77.4 Å². The molecular formula is C23H26N4OS. The van der Waals surface area contributed by atoms with E-state index in [1.54, 1.807) is 11.8 Å². The van der Waals surface area contributed by atoms with Crippen LogP contribution in [0.15, 0.2) is 65.7 Å². The average Bonchev–Trinajstić information content (AvgIpc) is 2.73. The summed E-state index contributed by atoms with van der Waals surface area (Å²) in [6.07, 6.45) is 0. The first-order valence-electron chi connectivity index (χ1n) is 9.57. The summed E-state index contributed by atoms with van der Waals surface area (Å²) in [5, 5.41) is 12.5. The SMILES string of the molecule is Cc1ccc(-c2ccc(SCc3ccc(C(=O)NCCN(C)C)cc3)nn2)cc1. The van der Waals surface area contributed by atoms with E-state index in [-0.39, 0.29) is 5.91 Å².